The number of halogens is 1. The lowest BCUT2D eigenvalue weighted by molar-refractivity contribution is -0.138. The van der Waals surface area contributed by atoms with Crippen molar-refractivity contribution in [2.45, 2.75) is 20.4 Å². The molecular formula is C24H27FN2O4. The molecule has 0 unspecified atom stereocenters. The second-order valence-electron chi connectivity index (χ2n) is 7.89. The topological polar surface area (TPSA) is 70.1 Å². The number of likely N-dealkylation sites (N-methyl/N-ethyl adjacent to an activating group) is 1. The minimum atomic E-state index is -0.515. The third-order valence-electron chi connectivity index (χ3n) is 4.97. The van der Waals surface area contributed by atoms with E-state index < -0.39 is 17.6 Å². The van der Waals surface area contributed by atoms with Gasteiger partial charge in [-0.15, -0.1) is 0 Å². The Bertz CT molecular complexity index is 985. The molecule has 2 amide bonds. The highest BCUT2D eigenvalue weighted by atomic mass is 19.1. The van der Waals surface area contributed by atoms with E-state index in [-0.39, 0.29) is 36.5 Å². The van der Waals surface area contributed by atoms with Crippen LogP contribution in [0.3, 0.4) is 0 Å². The van der Waals surface area contributed by atoms with Crippen LogP contribution in [0, 0.1) is 11.7 Å². The molecule has 6 nitrogen and oxygen atoms in total. The van der Waals surface area contributed by atoms with Gasteiger partial charge in [-0.1, -0.05) is 44.2 Å². The third kappa shape index (κ3) is 4.94. The van der Waals surface area contributed by atoms with Crippen LogP contribution in [-0.2, 0) is 16.1 Å². The number of benzene rings is 2. The van der Waals surface area contributed by atoms with Gasteiger partial charge in [-0.3, -0.25) is 14.5 Å². The molecule has 1 aliphatic heterocycles. The quantitative estimate of drug-likeness (QED) is 0.624. The predicted octanol–water partition coefficient (Wildman–Crippen LogP) is 3.06. The molecule has 0 saturated heterocycles. The van der Waals surface area contributed by atoms with Crippen molar-refractivity contribution in [3.8, 4) is 5.75 Å². The number of ether oxygens (including phenoxy) is 1. The van der Waals surface area contributed by atoms with E-state index in [1.54, 1.807) is 54.4 Å². The van der Waals surface area contributed by atoms with Gasteiger partial charge in [0.2, 0.25) is 0 Å². The van der Waals surface area contributed by atoms with Crippen molar-refractivity contribution in [3.05, 3.63) is 71.2 Å². The van der Waals surface area contributed by atoms with Gasteiger partial charge in [0, 0.05) is 19.2 Å². The number of aliphatic hydroxyl groups excluding tert-OH is 1. The van der Waals surface area contributed by atoms with Crippen LogP contribution in [0.4, 0.5) is 4.39 Å². The zero-order valence-electron chi connectivity index (χ0n) is 18.0. The second-order valence-corrected chi connectivity index (χ2v) is 7.89. The monoisotopic (exact) mass is 426 g/mol. The Kier molecular flexibility index (Phi) is 7.07. The number of amides is 2. The van der Waals surface area contributed by atoms with Crippen molar-refractivity contribution in [3.63, 3.8) is 0 Å². The Balaban J connectivity index is 1.94. The van der Waals surface area contributed by atoms with Crippen LogP contribution < -0.4 is 4.74 Å². The fourth-order valence-electron chi connectivity index (χ4n) is 3.36. The van der Waals surface area contributed by atoms with Gasteiger partial charge >= 0.3 is 0 Å². The van der Waals surface area contributed by atoms with Crippen molar-refractivity contribution in [2.75, 3.05) is 26.8 Å². The lowest BCUT2D eigenvalue weighted by atomic mass is 10.0. The van der Waals surface area contributed by atoms with Gasteiger partial charge in [0.05, 0.1) is 25.3 Å². The molecule has 0 atom stereocenters. The van der Waals surface area contributed by atoms with Crippen LogP contribution in [0.25, 0.3) is 5.57 Å². The minimum absolute atomic E-state index is 0.167. The maximum absolute atomic E-state index is 14.1. The highest BCUT2D eigenvalue weighted by molar-refractivity contribution is 6.35. The van der Waals surface area contributed by atoms with Gasteiger partial charge < -0.3 is 14.7 Å². The van der Waals surface area contributed by atoms with E-state index in [0.29, 0.717) is 23.8 Å². The summed E-state index contributed by atoms with van der Waals surface area (Å²) in [7, 11) is 1.64. The molecule has 1 heterocycles. The molecule has 3 rings (SSSR count). The Morgan fingerprint density at radius 3 is 2.35 bits per heavy atom. The molecule has 7 heteroatoms. The van der Waals surface area contributed by atoms with Crippen molar-refractivity contribution in [1.29, 1.82) is 0 Å². The first-order valence-corrected chi connectivity index (χ1v) is 10.2. The zero-order chi connectivity index (χ0) is 22.5. The van der Waals surface area contributed by atoms with Crippen LogP contribution in [-0.4, -0.2) is 53.5 Å². The first kappa shape index (κ1) is 22.5. The summed E-state index contributed by atoms with van der Waals surface area (Å²) in [6.45, 7) is 4.51. The SMILES string of the molecule is CC(C)COc1ccc(C2=C(N(C)CCO)C(=O)N(Cc3ccccc3F)C2=O)cc1. The number of rotatable bonds is 9. The number of imide groups is 1. The van der Waals surface area contributed by atoms with Gasteiger partial charge in [-0.05, 0) is 29.7 Å². The molecule has 2 aromatic carbocycles. The first-order chi connectivity index (χ1) is 14.8. The van der Waals surface area contributed by atoms with Crippen LogP contribution in [0.15, 0.2) is 54.2 Å². The van der Waals surface area contributed by atoms with E-state index in [4.69, 9.17) is 4.74 Å². The Morgan fingerprint density at radius 2 is 1.74 bits per heavy atom. The standard InChI is InChI=1S/C24H27FN2O4/c1-16(2)15-31-19-10-8-17(9-11-19)21-22(26(3)12-13-28)24(30)27(23(21)29)14-18-6-4-5-7-20(18)25/h4-11,16,28H,12-15H2,1-3H3. The average molecular weight is 426 g/mol. The van der Waals surface area contributed by atoms with Gasteiger partial charge in [0.1, 0.15) is 17.3 Å². The zero-order valence-corrected chi connectivity index (χ0v) is 18.0. The van der Waals surface area contributed by atoms with Crippen molar-refractivity contribution in [1.82, 2.24) is 9.80 Å². The molecule has 164 valence electrons. The van der Waals surface area contributed by atoms with Crippen molar-refractivity contribution >= 4 is 17.4 Å². The largest absolute Gasteiger partial charge is 0.493 e. The molecule has 1 aliphatic rings. The molecule has 2 aromatic rings. The van der Waals surface area contributed by atoms with E-state index in [1.807, 2.05) is 0 Å². The molecule has 1 N–H and O–H groups in total. The van der Waals surface area contributed by atoms with Gasteiger partial charge in [-0.25, -0.2) is 4.39 Å². The molecule has 0 spiro atoms. The molecular weight excluding hydrogens is 399 g/mol. The Morgan fingerprint density at radius 1 is 1.06 bits per heavy atom. The van der Waals surface area contributed by atoms with Crippen LogP contribution in [0.5, 0.6) is 5.75 Å². The van der Waals surface area contributed by atoms with E-state index in [1.165, 1.54) is 6.07 Å². The predicted molar refractivity (Wildman–Crippen MR) is 115 cm³/mol. The number of nitrogens with zero attached hydrogens (tertiary/aromatic N) is 2. The van der Waals surface area contributed by atoms with Crippen LogP contribution in [0.2, 0.25) is 0 Å². The summed E-state index contributed by atoms with van der Waals surface area (Å²) >= 11 is 0. The summed E-state index contributed by atoms with van der Waals surface area (Å²) < 4.78 is 19.8. The minimum Gasteiger partial charge on any atom is -0.493 e. The summed E-state index contributed by atoms with van der Waals surface area (Å²) in [6, 6.07) is 13.0. The van der Waals surface area contributed by atoms with Gasteiger partial charge in [-0.2, -0.15) is 0 Å². The summed E-state index contributed by atoms with van der Waals surface area (Å²) in [5.41, 5.74) is 1.23. The van der Waals surface area contributed by atoms with Gasteiger partial charge in [0.15, 0.2) is 0 Å². The molecule has 0 bridgehead atoms. The third-order valence-corrected chi connectivity index (χ3v) is 4.97. The number of carbonyl (C=O) groups is 2. The lowest BCUT2D eigenvalue weighted by Crippen LogP contribution is -2.34. The molecule has 0 aliphatic carbocycles. The summed E-state index contributed by atoms with van der Waals surface area (Å²) in [5, 5.41) is 9.34. The molecule has 0 aromatic heterocycles. The average Bonchev–Trinajstić information content (AvgIpc) is 2.99. The highest BCUT2D eigenvalue weighted by Gasteiger charge is 2.40. The molecule has 31 heavy (non-hydrogen) atoms. The second kappa shape index (κ2) is 9.75. The molecule has 0 saturated carbocycles. The van der Waals surface area contributed by atoms with E-state index in [2.05, 4.69) is 13.8 Å². The lowest BCUT2D eigenvalue weighted by Gasteiger charge is -2.20. The van der Waals surface area contributed by atoms with Crippen molar-refractivity contribution < 1.29 is 23.8 Å². The maximum Gasteiger partial charge on any atom is 0.278 e. The highest BCUT2D eigenvalue weighted by Crippen LogP contribution is 2.33. The van der Waals surface area contributed by atoms with Crippen molar-refractivity contribution in [2.24, 2.45) is 5.92 Å². The summed E-state index contributed by atoms with van der Waals surface area (Å²) in [4.78, 5) is 29.0. The van der Waals surface area contributed by atoms with E-state index in [9.17, 15) is 19.1 Å². The Hall–Kier alpha value is -3.19. The normalized spacial score (nSPS) is 14.1. The van der Waals surface area contributed by atoms with E-state index >= 15 is 0 Å². The smallest absolute Gasteiger partial charge is 0.278 e. The summed E-state index contributed by atoms with van der Waals surface area (Å²) in [5.74, 6) is -0.443. The Labute approximate surface area is 181 Å². The van der Waals surface area contributed by atoms with E-state index in [0.717, 1.165) is 4.90 Å². The number of aliphatic hydroxyl groups is 1. The molecule has 0 fully saturated rings. The number of hydrogen-bond acceptors (Lipinski definition) is 5. The fourth-order valence-corrected chi connectivity index (χ4v) is 3.36. The molecule has 0 radical (unpaired) electrons. The summed E-state index contributed by atoms with van der Waals surface area (Å²) in [6.07, 6.45) is 0. The number of carbonyl (C=O) groups excluding carboxylic acids is 2. The fraction of sp³-hybridized carbons (Fsp3) is 0.333. The number of hydrogen-bond donors (Lipinski definition) is 1. The van der Waals surface area contributed by atoms with Crippen LogP contribution in [0.1, 0.15) is 25.0 Å². The van der Waals surface area contributed by atoms with Crippen LogP contribution >= 0.6 is 0 Å². The maximum atomic E-state index is 14.1. The van der Waals surface area contributed by atoms with Gasteiger partial charge in [0.25, 0.3) is 11.8 Å². The first-order valence-electron chi connectivity index (χ1n) is 10.2.